The van der Waals surface area contributed by atoms with Crippen molar-refractivity contribution in [3.63, 3.8) is 0 Å². The van der Waals surface area contributed by atoms with Crippen molar-refractivity contribution in [2.75, 3.05) is 20.2 Å². The number of nitrogens with zero attached hydrogens (tertiary/aromatic N) is 1. The average molecular weight is 441 g/mol. The molecule has 0 spiro atoms. The Kier molecular flexibility index (Phi) is 6.56. The zero-order valence-electron chi connectivity index (χ0n) is 19.2. The number of nitrogens with one attached hydrogen (secondary N) is 1. The summed E-state index contributed by atoms with van der Waals surface area (Å²) < 4.78 is 4.91. The molecule has 33 heavy (non-hydrogen) atoms. The highest BCUT2D eigenvalue weighted by Crippen LogP contribution is 2.42. The van der Waals surface area contributed by atoms with Gasteiger partial charge in [0.25, 0.3) is 0 Å². The molecule has 3 atom stereocenters. The largest absolute Gasteiger partial charge is 0.465 e. The number of ether oxygens (including phenoxy) is 1. The van der Waals surface area contributed by atoms with E-state index in [1.54, 1.807) is 0 Å². The predicted molar refractivity (Wildman–Crippen MR) is 131 cm³/mol. The Hall–Kier alpha value is -2.95. The second-order valence-corrected chi connectivity index (χ2v) is 9.26. The third-order valence-corrected chi connectivity index (χ3v) is 7.45. The molecular weight excluding hydrogens is 408 g/mol. The van der Waals surface area contributed by atoms with E-state index in [1.807, 2.05) is 12.1 Å². The molecule has 0 aromatic heterocycles. The van der Waals surface area contributed by atoms with E-state index in [2.05, 4.69) is 83.0 Å². The minimum absolute atomic E-state index is 0.231. The standard InChI is InChI=1S/C29H32N2O2/c1-33-29(32)25-14-12-23(13-15-25)26(22-10-6-3-7-11-22)28-27(24-16-18-31(28)19-17-24)30-20-21-8-4-2-5-9-21/h2-15,24,26-28,30H,16-20H2,1H3. The second-order valence-electron chi connectivity index (χ2n) is 9.26. The van der Waals surface area contributed by atoms with E-state index < -0.39 is 0 Å². The summed E-state index contributed by atoms with van der Waals surface area (Å²) >= 11 is 0. The molecule has 3 aromatic rings. The number of esters is 1. The van der Waals surface area contributed by atoms with Gasteiger partial charge < -0.3 is 10.1 Å². The molecule has 4 nitrogen and oxygen atoms in total. The van der Waals surface area contributed by atoms with Crippen LogP contribution in [-0.2, 0) is 11.3 Å². The highest BCUT2D eigenvalue weighted by molar-refractivity contribution is 5.89. The first-order valence-corrected chi connectivity index (χ1v) is 12.0. The first-order valence-electron chi connectivity index (χ1n) is 12.0. The van der Waals surface area contributed by atoms with E-state index in [9.17, 15) is 4.79 Å². The van der Waals surface area contributed by atoms with Crippen LogP contribution in [0, 0.1) is 5.92 Å². The summed E-state index contributed by atoms with van der Waals surface area (Å²) in [5.41, 5.74) is 4.49. The van der Waals surface area contributed by atoms with Crippen LogP contribution in [0.5, 0.6) is 0 Å². The Morgan fingerprint density at radius 2 is 1.52 bits per heavy atom. The summed E-state index contributed by atoms with van der Waals surface area (Å²) in [6.45, 7) is 3.19. The van der Waals surface area contributed by atoms with E-state index in [1.165, 1.54) is 36.6 Å². The molecule has 3 fully saturated rings. The third kappa shape index (κ3) is 4.59. The molecule has 3 aromatic carbocycles. The Bertz CT molecular complexity index is 1040. The highest BCUT2D eigenvalue weighted by Gasteiger charge is 2.46. The molecule has 170 valence electrons. The lowest BCUT2D eigenvalue weighted by atomic mass is 9.70. The van der Waals surface area contributed by atoms with E-state index >= 15 is 0 Å². The number of rotatable bonds is 7. The van der Waals surface area contributed by atoms with Gasteiger partial charge in [-0.25, -0.2) is 4.79 Å². The lowest BCUT2D eigenvalue weighted by molar-refractivity contribution is 0.00468. The van der Waals surface area contributed by atoms with Gasteiger partial charge in [-0.15, -0.1) is 0 Å². The molecule has 2 bridgehead atoms. The fourth-order valence-electron chi connectivity index (χ4n) is 5.81. The minimum atomic E-state index is -0.291. The molecule has 4 heteroatoms. The number of carbonyl (C=O) groups is 1. The van der Waals surface area contributed by atoms with Gasteiger partial charge in [0.1, 0.15) is 0 Å². The molecule has 3 unspecified atom stereocenters. The Balaban J connectivity index is 1.50. The summed E-state index contributed by atoms with van der Waals surface area (Å²) in [6.07, 6.45) is 2.51. The molecule has 0 aliphatic carbocycles. The van der Waals surface area contributed by atoms with Crippen LogP contribution in [0.25, 0.3) is 0 Å². The lowest BCUT2D eigenvalue weighted by Gasteiger charge is -2.54. The topological polar surface area (TPSA) is 41.6 Å². The molecule has 0 amide bonds. The van der Waals surface area contributed by atoms with Gasteiger partial charge in [-0.05, 0) is 60.7 Å². The normalized spacial score (nSPS) is 24.9. The zero-order chi connectivity index (χ0) is 22.6. The summed E-state index contributed by atoms with van der Waals surface area (Å²) in [6, 6.07) is 30.3. The summed E-state index contributed by atoms with van der Waals surface area (Å²) in [4.78, 5) is 14.7. The van der Waals surface area contributed by atoms with Crippen LogP contribution in [0.3, 0.4) is 0 Å². The van der Waals surface area contributed by atoms with Crippen molar-refractivity contribution in [2.24, 2.45) is 5.92 Å². The number of benzene rings is 3. The first kappa shape index (κ1) is 21.9. The summed E-state index contributed by atoms with van der Waals surface area (Å²) in [5, 5.41) is 3.96. The molecular formula is C29H32N2O2. The molecule has 3 heterocycles. The smallest absolute Gasteiger partial charge is 0.337 e. The Morgan fingerprint density at radius 1 is 0.909 bits per heavy atom. The number of hydrogen-bond donors (Lipinski definition) is 1. The van der Waals surface area contributed by atoms with Crippen molar-refractivity contribution < 1.29 is 9.53 Å². The van der Waals surface area contributed by atoms with Crippen molar-refractivity contribution in [3.05, 3.63) is 107 Å². The maximum atomic E-state index is 12.0. The van der Waals surface area contributed by atoms with Crippen molar-refractivity contribution in [2.45, 2.75) is 37.4 Å². The quantitative estimate of drug-likeness (QED) is 0.533. The predicted octanol–water partition coefficient (Wildman–Crippen LogP) is 4.86. The molecule has 0 radical (unpaired) electrons. The second kappa shape index (κ2) is 9.90. The van der Waals surface area contributed by atoms with Gasteiger partial charge in [0, 0.05) is 24.5 Å². The van der Waals surface area contributed by atoms with Gasteiger partial charge in [0.2, 0.25) is 0 Å². The lowest BCUT2D eigenvalue weighted by Crippen LogP contribution is -2.64. The third-order valence-electron chi connectivity index (χ3n) is 7.45. The van der Waals surface area contributed by atoms with E-state index in [0.717, 1.165) is 19.6 Å². The molecule has 3 saturated heterocycles. The molecule has 3 aliphatic rings. The van der Waals surface area contributed by atoms with Crippen LogP contribution in [0.15, 0.2) is 84.9 Å². The van der Waals surface area contributed by atoms with E-state index in [0.29, 0.717) is 23.6 Å². The van der Waals surface area contributed by atoms with Crippen LogP contribution in [0.4, 0.5) is 0 Å². The van der Waals surface area contributed by atoms with Gasteiger partial charge in [-0.2, -0.15) is 0 Å². The zero-order valence-corrected chi connectivity index (χ0v) is 19.2. The molecule has 0 saturated carbocycles. The Morgan fingerprint density at radius 3 is 2.15 bits per heavy atom. The van der Waals surface area contributed by atoms with Crippen LogP contribution >= 0.6 is 0 Å². The van der Waals surface area contributed by atoms with E-state index in [4.69, 9.17) is 4.74 Å². The monoisotopic (exact) mass is 440 g/mol. The van der Waals surface area contributed by atoms with Crippen LogP contribution in [0.2, 0.25) is 0 Å². The van der Waals surface area contributed by atoms with Gasteiger partial charge >= 0.3 is 5.97 Å². The van der Waals surface area contributed by atoms with Crippen LogP contribution in [0.1, 0.15) is 45.8 Å². The molecule has 1 N–H and O–H groups in total. The van der Waals surface area contributed by atoms with Crippen molar-refractivity contribution >= 4 is 5.97 Å². The van der Waals surface area contributed by atoms with Gasteiger partial charge in [-0.1, -0.05) is 72.8 Å². The van der Waals surface area contributed by atoms with E-state index in [-0.39, 0.29) is 11.9 Å². The van der Waals surface area contributed by atoms with Gasteiger partial charge in [0.05, 0.1) is 12.7 Å². The minimum Gasteiger partial charge on any atom is -0.465 e. The number of carbonyl (C=O) groups excluding carboxylic acids is 1. The Labute approximate surface area is 196 Å². The summed E-state index contributed by atoms with van der Waals surface area (Å²) in [5.74, 6) is 0.624. The fraction of sp³-hybridized carbons (Fsp3) is 0.345. The number of methoxy groups -OCH3 is 1. The van der Waals surface area contributed by atoms with Crippen molar-refractivity contribution in [3.8, 4) is 0 Å². The highest BCUT2D eigenvalue weighted by atomic mass is 16.5. The van der Waals surface area contributed by atoms with Gasteiger partial charge in [0.15, 0.2) is 0 Å². The number of fused-ring (bicyclic) bond motifs is 3. The molecule has 3 aliphatic heterocycles. The average Bonchev–Trinajstić information content (AvgIpc) is 2.90. The molecule has 6 rings (SSSR count). The van der Waals surface area contributed by atoms with Crippen LogP contribution < -0.4 is 5.32 Å². The van der Waals surface area contributed by atoms with Gasteiger partial charge in [-0.3, -0.25) is 4.90 Å². The van der Waals surface area contributed by atoms with Crippen molar-refractivity contribution in [1.82, 2.24) is 10.2 Å². The number of piperidine rings is 3. The fourth-order valence-corrected chi connectivity index (χ4v) is 5.81. The SMILES string of the molecule is COC(=O)c1ccc(C(c2ccccc2)C2C(NCc3ccccc3)[C@H]3CC[N@]2CC3)cc1. The van der Waals surface area contributed by atoms with Crippen LogP contribution in [-0.4, -0.2) is 43.2 Å². The van der Waals surface area contributed by atoms with Crippen molar-refractivity contribution in [1.29, 1.82) is 0 Å². The summed E-state index contributed by atoms with van der Waals surface area (Å²) in [7, 11) is 1.43. The number of hydrogen-bond acceptors (Lipinski definition) is 4. The first-order chi connectivity index (χ1) is 16.2. The maximum absolute atomic E-state index is 12.0. The maximum Gasteiger partial charge on any atom is 0.337 e.